The summed E-state index contributed by atoms with van der Waals surface area (Å²) in [6.45, 7) is 2.06. The number of rotatable bonds is 5. The first-order chi connectivity index (χ1) is 21.7. The maximum absolute atomic E-state index is 5.63. The van der Waals surface area contributed by atoms with E-state index in [9.17, 15) is 0 Å². The number of benzene rings is 4. The molecule has 0 radical (unpaired) electrons. The molecule has 0 fully saturated rings. The van der Waals surface area contributed by atoms with Gasteiger partial charge in [-0.05, 0) is 78.4 Å². The smallest absolute Gasteiger partial charge is 0.138 e. The summed E-state index contributed by atoms with van der Waals surface area (Å²) in [6, 6.07) is 42.8. The number of nitrogens with two attached hydrogens (primary N) is 1. The average molecular weight is 585 g/mol. The highest BCUT2D eigenvalue weighted by atomic mass is 32.1. The van der Waals surface area contributed by atoms with Crippen LogP contribution in [0.1, 0.15) is 12.6 Å². The van der Waals surface area contributed by atoms with Crippen molar-refractivity contribution < 1.29 is 0 Å². The highest BCUT2D eigenvalue weighted by molar-refractivity contribution is 7.25. The van der Waals surface area contributed by atoms with Crippen molar-refractivity contribution in [3.63, 3.8) is 0 Å². The molecular weight excluding hydrogens is 557 g/mol. The predicted octanol–water partition coefficient (Wildman–Crippen LogP) is 10.2. The van der Waals surface area contributed by atoms with Crippen molar-refractivity contribution in [2.75, 3.05) is 0 Å². The van der Waals surface area contributed by atoms with Gasteiger partial charge in [0, 0.05) is 31.1 Å². The van der Waals surface area contributed by atoms with Gasteiger partial charge < -0.3 is 5.73 Å². The molecule has 4 aromatic heterocycles. The number of hydrogen-bond donors (Lipinski definition) is 1. The molecule has 210 valence electrons. The minimum Gasteiger partial charge on any atom is -0.405 e. The number of pyridine rings is 2. The van der Waals surface area contributed by atoms with Crippen LogP contribution in [0.3, 0.4) is 0 Å². The van der Waals surface area contributed by atoms with E-state index in [1.54, 1.807) is 6.20 Å². The fourth-order valence-corrected chi connectivity index (χ4v) is 7.15. The maximum Gasteiger partial charge on any atom is 0.138 e. The second-order valence-electron chi connectivity index (χ2n) is 10.9. The van der Waals surface area contributed by atoms with Gasteiger partial charge in [0.15, 0.2) is 0 Å². The molecule has 0 saturated carbocycles. The Morgan fingerprint density at radius 3 is 2.20 bits per heavy atom. The van der Waals surface area contributed by atoms with Crippen LogP contribution >= 0.6 is 11.3 Å². The first kappa shape index (κ1) is 26.1. The largest absolute Gasteiger partial charge is 0.405 e. The molecular formula is C39H28N4S. The van der Waals surface area contributed by atoms with Crippen LogP contribution in [0, 0.1) is 0 Å². The molecule has 4 aromatic carbocycles. The molecule has 5 heteroatoms. The summed E-state index contributed by atoms with van der Waals surface area (Å²) in [5, 5.41) is 3.62. The fraction of sp³-hybridized carbons (Fsp3) is 0.0256. The quantitative estimate of drug-likeness (QED) is 0.205. The first-order valence-corrected chi connectivity index (χ1v) is 15.4. The molecule has 44 heavy (non-hydrogen) atoms. The molecule has 0 atom stereocenters. The molecule has 0 unspecified atom stereocenters. The molecule has 2 N–H and O–H groups in total. The van der Waals surface area contributed by atoms with E-state index in [0.29, 0.717) is 0 Å². The van der Waals surface area contributed by atoms with Crippen molar-refractivity contribution in [3.8, 4) is 28.2 Å². The van der Waals surface area contributed by atoms with Crippen molar-refractivity contribution in [1.29, 1.82) is 0 Å². The third-order valence-corrected chi connectivity index (χ3v) is 9.32. The average Bonchev–Trinajstić information content (AvgIpc) is 3.61. The van der Waals surface area contributed by atoms with Crippen LogP contribution < -0.4 is 5.73 Å². The minimum atomic E-state index is 0.860. The van der Waals surface area contributed by atoms with Gasteiger partial charge in [-0.1, -0.05) is 84.9 Å². The van der Waals surface area contributed by atoms with E-state index in [1.165, 1.54) is 20.2 Å². The van der Waals surface area contributed by atoms with Crippen LogP contribution in [0.15, 0.2) is 140 Å². The lowest BCUT2D eigenvalue weighted by Crippen LogP contribution is -2.00. The predicted molar refractivity (Wildman–Crippen MR) is 187 cm³/mol. The van der Waals surface area contributed by atoms with Gasteiger partial charge in [-0.2, -0.15) is 0 Å². The van der Waals surface area contributed by atoms with Crippen molar-refractivity contribution >= 4 is 59.0 Å². The molecule has 0 aliphatic carbocycles. The Balaban J connectivity index is 1.47. The van der Waals surface area contributed by atoms with E-state index in [0.717, 1.165) is 61.4 Å². The monoisotopic (exact) mass is 584 g/mol. The molecule has 0 aliphatic rings. The van der Waals surface area contributed by atoms with Gasteiger partial charge in [0.25, 0.3) is 0 Å². The third-order valence-electron chi connectivity index (χ3n) is 8.18. The van der Waals surface area contributed by atoms with Gasteiger partial charge in [-0.25, -0.2) is 9.97 Å². The summed E-state index contributed by atoms with van der Waals surface area (Å²) >= 11 is 1.82. The maximum atomic E-state index is 5.63. The fourth-order valence-electron chi connectivity index (χ4n) is 6.03. The van der Waals surface area contributed by atoms with E-state index >= 15 is 0 Å². The highest BCUT2D eigenvalue weighted by Crippen LogP contribution is 2.41. The van der Waals surface area contributed by atoms with Crippen LogP contribution in [-0.4, -0.2) is 14.5 Å². The zero-order valence-corrected chi connectivity index (χ0v) is 24.9. The van der Waals surface area contributed by atoms with Crippen molar-refractivity contribution in [2.45, 2.75) is 6.92 Å². The molecule has 0 bridgehead atoms. The molecule has 0 amide bonds. The topological polar surface area (TPSA) is 56.7 Å². The van der Waals surface area contributed by atoms with Crippen LogP contribution in [0.2, 0.25) is 0 Å². The van der Waals surface area contributed by atoms with Crippen LogP contribution in [-0.2, 0) is 0 Å². The Labute approximate surface area is 259 Å². The molecule has 0 saturated heterocycles. The van der Waals surface area contributed by atoms with E-state index in [4.69, 9.17) is 15.7 Å². The van der Waals surface area contributed by atoms with Crippen molar-refractivity contribution in [3.05, 3.63) is 145 Å². The van der Waals surface area contributed by atoms with E-state index in [1.807, 2.05) is 29.6 Å². The zero-order chi connectivity index (χ0) is 29.6. The second-order valence-corrected chi connectivity index (χ2v) is 12.0. The van der Waals surface area contributed by atoms with Crippen molar-refractivity contribution in [1.82, 2.24) is 14.5 Å². The lowest BCUT2D eigenvalue weighted by molar-refractivity contribution is 1.08. The van der Waals surface area contributed by atoms with Crippen LogP contribution in [0.4, 0.5) is 0 Å². The SMILES string of the molecule is C/C(=C\C=C/N)c1ccc2c(n1)c1cc3c(cc1n2-c1cc(-c2ccccc2)cc(-c2ccccc2)n1)sc1ccccc13. The zero-order valence-electron chi connectivity index (χ0n) is 24.1. The van der Waals surface area contributed by atoms with Gasteiger partial charge in [0.05, 0.1) is 27.9 Å². The number of aromatic nitrogens is 3. The standard InChI is InChI=1S/C39H28N4S/c1-25(11-10-20-40)32-18-19-34-39(42-32)31-23-30-29-16-8-9-17-36(29)44-37(30)24-35(31)43(34)38-22-28(26-12-4-2-5-13-26)21-33(41-38)27-14-6-3-7-15-27/h2-24H,40H2,1H3/b20-10-,25-11+. The molecule has 4 nitrogen and oxygen atoms in total. The third kappa shape index (κ3) is 4.37. The van der Waals surface area contributed by atoms with Gasteiger partial charge >= 0.3 is 0 Å². The van der Waals surface area contributed by atoms with Gasteiger partial charge in [-0.15, -0.1) is 11.3 Å². The Hall–Kier alpha value is -5.52. The summed E-state index contributed by atoms with van der Waals surface area (Å²) in [6.07, 6.45) is 5.38. The Kier molecular flexibility index (Phi) is 6.32. The van der Waals surface area contributed by atoms with Gasteiger partial charge in [0.2, 0.25) is 0 Å². The van der Waals surface area contributed by atoms with E-state index in [2.05, 4.69) is 127 Å². The van der Waals surface area contributed by atoms with Gasteiger partial charge in [0.1, 0.15) is 5.82 Å². The summed E-state index contributed by atoms with van der Waals surface area (Å²) in [4.78, 5) is 10.5. The normalized spacial score (nSPS) is 12.3. The molecule has 8 aromatic rings. The summed E-state index contributed by atoms with van der Waals surface area (Å²) in [5.74, 6) is 0.860. The van der Waals surface area contributed by atoms with Gasteiger partial charge in [-0.3, -0.25) is 4.57 Å². The Morgan fingerprint density at radius 2 is 1.41 bits per heavy atom. The Morgan fingerprint density at radius 1 is 0.659 bits per heavy atom. The van der Waals surface area contributed by atoms with E-state index in [-0.39, 0.29) is 0 Å². The van der Waals surface area contributed by atoms with E-state index < -0.39 is 0 Å². The first-order valence-electron chi connectivity index (χ1n) is 14.6. The number of allylic oxidation sites excluding steroid dienone is 3. The van der Waals surface area contributed by atoms with Crippen LogP contribution in [0.25, 0.3) is 75.9 Å². The van der Waals surface area contributed by atoms with Crippen molar-refractivity contribution in [2.24, 2.45) is 5.73 Å². The number of nitrogens with zero attached hydrogens (tertiary/aromatic N) is 3. The lowest BCUT2D eigenvalue weighted by atomic mass is 10.0. The summed E-state index contributed by atoms with van der Waals surface area (Å²) < 4.78 is 4.81. The highest BCUT2D eigenvalue weighted by Gasteiger charge is 2.19. The number of hydrogen-bond acceptors (Lipinski definition) is 4. The minimum absolute atomic E-state index is 0.860. The molecule has 8 rings (SSSR count). The number of thiophene rings is 1. The summed E-state index contributed by atoms with van der Waals surface area (Å²) in [5.41, 5.74) is 14.9. The summed E-state index contributed by atoms with van der Waals surface area (Å²) in [7, 11) is 0. The number of fused-ring (bicyclic) bond motifs is 6. The second kappa shape index (κ2) is 10.6. The van der Waals surface area contributed by atoms with Crippen LogP contribution in [0.5, 0.6) is 0 Å². The molecule has 0 spiro atoms. The Bertz CT molecular complexity index is 2340. The lowest BCUT2D eigenvalue weighted by Gasteiger charge is -2.13. The molecule has 4 heterocycles. The molecule has 0 aliphatic heterocycles.